The molecule has 0 saturated carbocycles. The molecule has 0 radical (unpaired) electrons. The number of hydrogen-bond donors (Lipinski definition) is 1. The van der Waals surface area contributed by atoms with Crippen molar-refractivity contribution in [2.45, 2.75) is 6.92 Å². The Morgan fingerprint density at radius 1 is 1.10 bits per heavy atom. The molecular weight excluding hydrogens is 266 g/mol. The first kappa shape index (κ1) is 13.2. The topological polar surface area (TPSA) is 51.5 Å². The number of ether oxygens (including phenoxy) is 1. The number of carbonyl (C=O) groups is 1. The van der Waals surface area contributed by atoms with E-state index in [0.717, 1.165) is 16.6 Å². The standard InChI is InChI=1S/C17H15NO3/c1-11-15-13(20-2)9-6-10-14(15)21-16(11)17(19)18-12-7-4-3-5-8-12/h3-10H,1-2H3,(H,18,19). The van der Waals surface area contributed by atoms with Crippen LogP contribution in [0.3, 0.4) is 0 Å². The molecule has 0 saturated heterocycles. The van der Waals surface area contributed by atoms with Gasteiger partial charge in [0, 0.05) is 11.3 Å². The van der Waals surface area contributed by atoms with E-state index in [1.807, 2.05) is 55.5 Å². The Morgan fingerprint density at radius 3 is 2.57 bits per heavy atom. The summed E-state index contributed by atoms with van der Waals surface area (Å²) in [5, 5.41) is 3.66. The largest absolute Gasteiger partial charge is 0.496 e. The molecule has 1 heterocycles. The van der Waals surface area contributed by atoms with Crippen LogP contribution in [0.15, 0.2) is 52.9 Å². The maximum atomic E-state index is 12.4. The van der Waals surface area contributed by atoms with E-state index in [2.05, 4.69) is 5.32 Å². The molecule has 106 valence electrons. The monoisotopic (exact) mass is 281 g/mol. The van der Waals surface area contributed by atoms with E-state index in [1.165, 1.54) is 0 Å². The Balaban J connectivity index is 2.01. The quantitative estimate of drug-likeness (QED) is 0.789. The summed E-state index contributed by atoms with van der Waals surface area (Å²) in [5.74, 6) is 0.739. The predicted octanol–water partition coefficient (Wildman–Crippen LogP) is 4.00. The molecule has 0 fully saturated rings. The lowest BCUT2D eigenvalue weighted by atomic mass is 10.1. The molecule has 1 amide bonds. The molecule has 0 spiro atoms. The van der Waals surface area contributed by atoms with Crippen molar-refractivity contribution < 1.29 is 13.9 Å². The molecule has 21 heavy (non-hydrogen) atoms. The highest BCUT2D eigenvalue weighted by Crippen LogP contribution is 2.33. The summed E-state index contributed by atoms with van der Waals surface area (Å²) >= 11 is 0. The number of aryl methyl sites for hydroxylation is 1. The number of carbonyl (C=O) groups excluding carboxylic acids is 1. The van der Waals surface area contributed by atoms with Crippen molar-refractivity contribution in [1.82, 2.24) is 0 Å². The van der Waals surface area contributed by atoms with Crippen molar-refractivity contribution in [2.24, 2.45) is 0 Å². The van der Waals surface area contributed by atoms with E-state index in [1.54, 1.807) is 7.11 Å². The molecule has 1 N–H and O–H groups in total. The number of anilines is 1. The molecule has 0 unspecified atom stereocenters. The second kappa shape index (κ2) is 5.32. The third-order valence-corrected chi connectivity index (χ3v) is 3.37. The van der Waals surface area contributed by atoms with Gasteiger partial charge in [0.25, 0.3) is 5.91 Å². The van der Waals surface area contributed by atoms with Gasteiger partial charge in [0.1, 0.15) is 11.3 Å². The van der Waals surface area contributed by atoms with Crippen LogP contribution in [0.2, 0.25) is 0 Å². The van der Waals surface area contributed by atoms with Crippen LogP contribution in [0.5, 0.6) is 5.75 Å². The van der Waals surface area contributed by atoms with Gasteiger partial charge in [0.05, 0.1) is 12.5 Å². The molecule has 4 heteroatoms. The highest BCUT2D eigenvalue weighted by Gasteiger charge is 2.20. The Labute approximate surface area is 122 Å². The van der Waals surface area contributed by atoms with Crippen molar-refractivity contribution >= 4 is 22.6 Å². The van der Waals surface area contributed by atoms with Crippen LogP contribution in [-0.4, -0.2) is 13.0 Å². The minimum absolute atomic E-state index is 0.267. The van der Waals surface area contributed by atoms with Gasteiger partial charge in [-0.1, -0.05) is 24.3 Å². The third kappa shape index (κ3) is 2.36. The maximum absolute atomic E-state index is 12.4. The zero-order valence-corrected chi connectivity index (χ0v) is 11.8. The Bertz CT molecular complexity index is 790. The second-order valence-electron chi connectivity index (χ2n) is 4.71. The number of nitrogens with one attached hydrogen (secondary N) is 1. The predicted molar refractivity (Wildman–Crippen MR) is 81.9 cm³/mol. The van der Waals surface area contributed by atoms with E-state index in [4.69, 9.17) is 9.15 Å². The van der Waals surface area contributed by atoms with E-state index in [-0.39, 0.29) is 5.91 Å². The number of rotatable bonds is 3. The summed E-state index contributed by atoms with van der Waals surface area (Å²) in [7, 11) is 1.60. The number of fused-ring (bicyclic) bond motifs is 1. The highest BCUT2D eigenvalue weighted by atomic mass is 16.5. The lowest BCUT2D eigenvalue weighted by Gasteiger charge is -2.03. The van der Waals surface area contributed by atoms with Gasteiger partial charge in [-0.2, -0.15) is 0 Å². The number of amides is 1. The van der Waals surface area contributed by atoms with Gasteiger partial charge in [-0.25, -0.2) is 0 Å². The Hall–Kier alpha value is -2.75. The SMILES string of the molecule is COc1cccc2oc(C(=O)Nc3ccccc3)c(C)c12. The van der Waals surface area contributed by atoms with Crippen LogP contribution in [0.25, 0.3) is 11.0 Å². The zero-order valence-electron chi connectivity index (χ0n) is 11.8. The molecule has 0 bridgehead atoms. The fraction of sp³-hybridized carbons (Fsp3) is 0.118. The average Bonchev–Trinajstić information content (AvgIpc) is 2.86. The molecule has 4 nitrogen and oxygen atoms in total. The van der Waals surface area contributed by atoms with Gasteiger partial charge in [-0.05, 0) is 31.2 Å². The summed E-state index contributed by atoms with van der Waals surface area (Å²) < 4.78 is 11.0. The third-order valence-electron chi connectivity index (χ3n) is 3.37. The minimum atomic E-state index is -0.267. The minimum Gasteiger partial charge on any atom is -0.496 e. The first-order valence-electron chi connectivity index (χ1n) is 6.63. The molecule has 0 aliphatic heterocycles. The first-order chi connectivity index (χ1) is 10.2. The van der Waals surface area contributed by atoms with Gasteiger partial charge in [0.2, 0.25) is 0 Å². The van der Waals surface area contributed by atoms with Crippen LogP contribution in [0, 0.1) is 6.92 Å². The summed E-state index contributed by atoms with van der Waals surface area (Å²) in [4.78, 5) is 12.4. The second-order valence-corrected chi connectivity index (χ2v) is 4.71. The Morgan fingerprint density at radius 2 is 1.86 bits per heavy atom. The van der Waals surface area contributed by atoms with Crippen molar-refractivity contribution in [3.05, 3.63) is 59.9 Å². The lowest BCUT2D eigenvalue weighted by Crippen LogP contribution is -2.11. The highest BCUT2D eigenvalue weighted by molar-refractivity contribution is 6.07. The van der Waals surface area contributed by atoms with Crippen molar-refractivity contribution in [2.75, 3.05) is 12.4 Å². The van der Waals surface area contributed by atoms with Crippen LogP contribution in [0.4, 0.5) is 5.69 Å². The van der Waals surface area contributed by atoms with Gasteiger partial charge in [-0.3, -0.25) is 4.79 Å². The van der Waals surface area contributed by atoms with Crippen LogP contribution < -0.4 is 10.1 Å². The lowest BCUT2D eigenvalue weighted by molar-refractivity contribution is 0.0998. The number of para-hydroxylation sites is 1. The van der Waals surface area contributed by atoms with Crippen LogP contribution in [-0.2, 0) is 0 Å². The van der Waals surface area contributed by atoms with Gasteiger partial charge < -0.3 is 14.5 Å². The van der Waals surface area contributed by atoms with Crippen LogP contribution >= 0.6 is 0 Å². The molecule has 3 aromatic rings. The molecule has 0 aliphatic rings. The van der Waals surface area contributed by atoms with E-state index in [9.17, 15) is 4.79 Å². The summed E-state index contributed by atoms with van der Waals surface area (Å²) in [6, 6.07) is 14.8. The molecule has 0 atom stereocenters. The summed E-state index contributed by atoms with van der Waals surface area (Å²) in [6.45, 7) is 1.86. The number of benzene rings is 2. The summed E-state index contributed by atoms with van der Waals surface area (Å²) in [5.41, 5.74) is 2.15. The Kier molecular flexibility index (Phi) is 3.36. The fourth-order valence-electron chi connectivity index (χ4n) is 2.36. The number of methoxy groups -OCH3 is 1. The smallest absolute Gasteiger partial charge is 0.291 e. The number of furan rings is 1. The first-order valence-corrected chi connectivity index (χ1v) is 6.63. The van der Waals surface area contributed by atoms with E-state index >= 15 is 0 Å². The van der Waals surface area contributed by atoms with Crippen LogP contribution in [0.1, 0.15) is 16.1 Å². The van der Waals surface area contributed by atoms with Crippen molar-refractivity contribution in [3.8, 4) is 5.75 Å². The normalized spacial score (nSPS) is 10.6. The molecule has 3 rings (SSSR count). The summed E-state index contributed by atoms with van der Waals surface area (Å²) in [6.07, 6.45) is 0. The average molecular weight is 281 g/mol. The van der Waals surface area contributed by atoms with Gasteiger partial charge in [-0.15, -0.1) is 0 Å². The van der Waals surface area contributed by atoms with Crippen molar-refractivity contribution in [1.29, 1.82) is 0 Å². The number of hydrogen-bond acceptors (Lipinski definition) is 3. The molecule has 0 aliphatic carbocycles. The van der Waals surface area contributed by atoms with E-state index < -0.39 is 0 Å². The zero-order chi connectivity index (χ0) is 14.8. The van der Waals surface area contributed by atoms with Gasteiger partial charge >= 0.3 is 0 Å². The maximum Gasteiger partial charge on any atom is 0.291 e. The molecule has 2 aromatic carbocycles. The van der Waals surface area contributed by atoms with Crippen molar-refractivity contribution in [3.63, 3.8) is 0 Å². The fourth-order valence-corrected chi connectivity index (χ4v) is 2.36. The molecular formula is C17H15NO3. The van der Waals surface area contributed by atoms with Gasteiger partial charge in [0.15, 0.2) is 5.76 Å². The van der Waals surface area contributed by atoms with E-state index in [0.29, 0.717) is 17.1 Å². The molecule has 1 aromatic heterocycles.